The number of fused-ring (bicyclic) bond motifs is 3. The summed E-state index contributed by atoms with van der Waals surface area (Å²) < 4.78 is 19.6. The van der Waals surface area contributed by atoms with E-state index in [9.17, 15) is 9.90 Å². The number of carboxylic acid groups (broad SMARTS) is 1. The quantitative estimate of drug-likeness (QED) is 0.297. The molecule has 1 unspecified atom stereocenters. The Balaban J connectivity index is 1.54. The van der Waals surface area contributed by atoms with Crippen LogP contribution in [0.25, 0.3) is 0 Å². The number of nitrogens with two attached hydrogens (primary N) is 1. The van der Waals surface area contributed by atoms with Crippen LogP contribution in [0.3, 0.4) is 0 Å². The first-order valence-corrected chi connectivity index (χ1v) is 17.2. The second-order valence-electron chi connectivity index (χ2n) is 18.1. The first kappa shape index (κ1) is 33.4. The third-order valence-corrected chi connectivity index (χ3v) is 14.9. The molecule has 3 saturated carbocycles. The highest BCUT2D eigenvalue weighted by Crippen LogP contribution is 2.75. The SMILES string of the molecule is CO[C@@H]1C[C@@]23COCC(C)([C@H]1OC[C@@H](N)C(C)(C)C)[C@@H]2CC[C@H]1C3=CC[C@@]2(C)[C@H](C(=O)O)[C@@](C)([C@H](C)C(C)C)CC[C@]12C. The third kappa shape index (κ3) is 4.65. The van der Waals surface area contributed by atoms with Gasteiger partial charge >= 0.3 is 5.97 Å². The number of aliphatic carboxylic acids is 1. The van der Waals surface area contributed by atoms with Gasteiger partial charge in [0.05, 0.1) is 37.9 Å². The smallest absolute Gasteiger partial charge is 0.307 e. The molecule has 246 valence electrons. The molecule has 0 radical (unpaired) electrons. The van der Waals surface area contributed by atoms with Crippen LogP contribution in [0.4, 0.5) is 0 Å². The third-order valence-electron chi connectivity index (χ3n) is 14.9. The van der Waals surface area contributed by atoms with Gasteiger partial charge in [-0.1, -0.05) is 80.9 Å². The van der Waals surface area contributed by atoms with Crippen LogP contribution in [0.5, 0.6) is 0 Å². The predicted molar refractivity (Wildman–Crippen MR) is 172 cm³/mol. The highest BCUT2D eigenvalue weighted by atomic mass is 16.5. The summed E-state index contributed by atoms with van der Waals surface area (Å²) in [5, 5.41) is 10.9. The minimum Gasteiger partial charge on any atom is -0.481 e. The van der Waals surface area contributed by atoms with E-state index in [-0.39, 0.29) is 56.7 Å². The summed E-state index contributed by atoms with van der Waals surface area (Å²) in [5.74, 6) is 0.606. The van der Waals surface area contributed by atoms with Gasteiger partial charge in [-0.05, 0) is 83.9 Å². The molecule has 0 aromatic rings. The minimum atomic E-state index is -0.605. The maximum absolute atomic E-state index is 13.3. The van der Waals surface area contributed by atoms with E-state index in [1.165, 1.54) is 0 Å². The highest BCUT2D eigenvalue weighted by molar-refractivity contribution is 5.73. The standard InChI is InChI=1S/C37H63NO5/c1-22(2)23(3)33(7)16-17-35(9)24-12-13-27-34(8)20-42-21-37(27,25(24)14-15-36(35,10)29(33)31(39)40)18-26(41-11)30(34)43-19-28(38)32(4,5)6/h14,22-24,26-30H,12-13,15-21,38H2,1-11H3,(H,39,40)/t23-,24+,26-,27+,28-,29-,30+,33-,34?,35-,36+,37+/m1/s1. The molecule has 0 aromatic carbocycles. The first-order valence-electron chi connectivity index (χ1n) is 17.2. The average molecular weight is 602 g/mol. The lowest BCUT2D eigenvalue weighted by atomic mass is 9.34. The number of rotatable bonds is 7. The maximum Gasteiger partial charge on any atom is 0.307 e. The van der Waals surface area contributed by atoms with Crippen molar-refractivity contribution in [1.29, 1.82) is 0 Å². The van der Waals surface area contributed by atoms with Crippen molar-refractivity contribution >= 4 is 5.97 Å². The summed E-state index contributed by atoms with van der Waals surface area (Å²) in [6.45, 7) is 24.7. The Morgan fingerprint density at radius 3 is 2.35 bits per heavy atom. The van der Waals surface area contributed by atoms with Crippen molar-refractivity contribution in [2.45, 2.75) is 126 Å². The van der Waals surface area contributed by atoms with Crippen molar-refractivity contribution < 1.29 is 24.1 Å². The lowest BCUT2D eigenvalue weighted by molar-refractivity contribution is -0.268. The Hall–Kier alpha value is -0.950. The molecule has 6 heteroatoms. The van der Waals surface area contributed by atoms with E-state index in [0.29, 0.717) is 36.9 Å². The largest absolute Gasteiger partial charge is 0.481 e. The van der Waals surface area contributed by atoms with Crippen molar-refractivity contribution in [2.24, 2.45) is 67.8 Å². The Bertz CT molecular complexity index is 1110. The number of methoxy groups -OCH3 is 1. The summed E-state index contributed by atoms with van der Waals surface area (Å²) in [5.41, 5.74) is 7.19. The summed E-state index contributed by atoms with van der Waals surface area (Å²) in [6, 6.07) is -0.0585. The van der Waals surface area contributed by atoms with Gasteiger partial charge < -0.3 is 25.1 Å². The molecule has 12 atom stereocenters. The molecule has 1 heterocycles. The zero-order valence-electron chi connectivity index (χ0n) is 29.2. The maximum atomic E-state index is 13.3. The Morgan fingerprint density at radius 2 is 1.77 bits per heavy atom. The van der Waals surface area contributed by atoms with Crippen LogP contribution >= 0.6 is 0 Å². The fourth-order valence-corrected chi connectivity index (χ4v) is 11.5. The molecule has 0 aromatic heterocycles. The van der Waals surface area contributed by atoms with Gasteiger partial charge in [-0.3, -0.25) is 4.79 Å². The van der Waals surface area contributed by atoms with Crippen LogP contribution in [-0.2, 0) is 19.0 Å². The minimum absolute atomic E-state index is 0.0329. The Morgan fingerprint density at radius 1 is 1.09 bits per heavy atom. The van der Waals surface area contributed by atoms with Gasteiger partial charge in [-0.25, -0.2) is 0 Å². The predicted octanol–water partition coefficient (Wildman–Crippen LogP) is 7.35. The number of carboxylic acids is 1. The summed E-state index contributed by atoms with van der Waals surface area (Å²) >= 11 is 0. The van der Waals surface area contributed by atoms with Crippen LogP contribution < -0.4 is 5.73 Å². The van der Waals surface area contributed by atoms with Gasteiger partial charge in [0.2, 0.25) is 0 Å². The number of ether oxygens (including phenoxy) is 3. The Labute approximate surface area is 262 Å². The molecule has 4 fully saturated rings. The number of carbonyl (C=O) groups is 1. The van der Waals surface area contributed by atoms with Crippen molar-refractivity contribution in [3.63, 3.8) is 0 Å². The molecular formula is C37H63NO5. The van der Waals surface area contributed by atoms with Crippen LogP contribution in [0.1, 0.15) is 108 Å². The van der Waals surface area contributed by atoms with E-state index in [1.54, 1.807) is 5.57 Å². The number of allylic oxidation sites excluding steroid dienone is 1. The lowest BCUT2D eigenvalue weighted by Crippen LogP contribution is -2.70. The fraction of sp³-hybridized carbons (Fsp3) is 0.919. The van der Waals surface area contributed by atoms with E-state index >= 15 is 0 Å². The van der Waals surface area contributed by atoms with E-state index in [1.807, 2.05) is 7.11 Å². The molecule has 6 nitrogen and oxygen atoms in total. The molecule has 3 N–H and O–H groups in total. The van der Waals surface area contributed by atoms with Gasteiger partial charge in [0.15, 0.2) is 0 Å². The highest BCUT2D eigenvalue weighted by Gasteiger charge is 2.71. The van der Waals surface area contributed by atoms with E-state index in [4.69, 9.17) is 19.9 Å². The van der Waals surface area contributed by atoms with Crippen molar-refractivity contribution in [1.82, 2.24) is 0 Å². The topological polar surface area (TPSA) is 91.0 Å². The second-order valence-corrected chi connectivity index (χ2v) is 18.1. The number of hydrogen-bond acceptors (Lipinski definition) is 5. The van der Waals surface area contributed by atoms with Crippen LogP contribution in [0.15, 0.2) is 11.6 Å². The van der Waals surface area contributed by atoms with Gasteiger partial charge in [-0.15, -0.1) is 0 Å². The van der Waals surface area contributed by atoms with Crippen LogP contribution in [0, 0.1) is 62.1 Å². The monoisotopic (exact) mass is 601 g/mol. The van der Waals surface area contributed by atoms with E-state index < -0.39 is 5.97 Å². The van der Waals surface area contributed by atoms with Crippen molar-refractivity contribution in [3.8, 4) is 0 Å². The molecule has 1 saturated heterocycles. The molecule has 2 bridgehead atoms. The summed E-state index contributed by atoms with van der Waals surface area (Å²) in [6.07, 6.45) is 8.37. The summed E-state index contributed by atoms with van der Waals surface area (Å²) in [7, 11) is 1.84. The lowest BCUT2D eigenvalue weighted by Gasteiger charge is -2.71. The number of hydrogen-bond donors (Lipinski definition) is 2. The second kappa shape index (κ2) is 10.8. The molecule has 5 aliphatic rings. The molecule has 0 amide bonds. The van der Waals surface area contributed by atoms with Crippen molar-refractivity contribution in [2.75, 3.05) is 26.9 Å². The van der Waals surface area contributed by atoms with Gasteiger partial charge in [-0.2, -0.15) is 0 Å². The molecule has 1 aliphatic heterocycles. The zero-order chi connectivity index (χ0) is 32.0. The molecule has 4 aliphatic carbocycles. The molecule has 0 spiro atoms. The first-order chi connectivity index (χ1) is 19.8. The van der Waals surface area contributed by atoms with E-state index in [2.05, 4.69) is 75.3 Å². The molecular weight excluding hydrogens is 538 g/mol. The van der Waals surface area contributed by atoms with Gasteiger partial charge in [0, 0.05) is 24.0 Å². The van der Waals surface area contributed by atoms with Crippen LogP contribution in [0.2, 0.25) is 0 Å². The fourth-order valence-electron chi connectivity index (χ4n) is 11.5. The summed E-state index contributed by atoms with van der Waals surface area (Å²) in [4.78, 5) is 13.3. The Kier molecular flexibility index (Phi) is 8.40. The molecule has 5 rings (SSSR count). The van der Waals surface area contributed by atoms with E-state index in [0.717, 1.165) is 45.1 Å². The molecule has 43 heavy (non-hydrogen) atoms. The average Bonchev–Trinajstić information content (AvgIpc) is 2.91. The van der Waals surface area contributed by atoms with Crippen LogP contribution in [-0.4, -0.2) is 56.3 Å². The zero-order valence-corrected chi connectivity index (χ0v) is 29.2. The van der Waals surface area contributed by atoms with Gasteiger partial charge in [0.1, 0.15) is 0 Å². The van der Waals surface area contributed by atoms with Crippen molar-refractivity contribution in [3.05, 3.63) is 11.6 Å². The normalized spacial score (nSPS) is 47.6. The van der Waals surface area contributed by atoms with Gasteiger partial charge in [0.25, 0.3) is 0 Å².